The maximum Gasteiger partial charge on any atom is 0.335 e. The van der Waals surface area contributed by atoms with Crippen molar-refractivity contribution in [3.63, 3.8) is 0 Å². The molecular formula is C27H22Cl2N2O5. The van der Waals surface area contributed by atoms with Gasteiger partial charge in [0, 0.05) is 5.02 Å². The Morgan fingerprint density at radius 2 is 1.64 bits per heavy atom. The lowest BCUT2D eigenvalue weighted by Gasteiger charge is -2.26. The Kier molecular flexibility index (Phi) is 7.62. The zero-order chi connectivity index (χ0) is 25.8. The van der Waals surface area contributed by atoms with Gasteiger partial charge in [-0.3, -0.25) is 14.9 Å². The third kappa shape index (κ3) is 5.53. The quantitative estimate of drug-likeness (QED) is 0.305. The topological polar surface area (TPSA) is 84.9 Å². The molecule has 1 aliphatic heterocycles. The summed E-state index contributed by atoms with van der Waals surface area (Å²) >= 11 is 12.4. The van der Waals surface area contributed by atoms with Crippen LogP contribution in [-0.4, -0.2) is 24.5 Å². The van der Waals surface area contributed by atoms with Crippen molar-refractivity contribution >= 4 is 52.8 Å². The van der Waals surface area contributed by atoms with Crippen molar-refractivity contribution in [2.75, 3.05) is 11.5 Å². The van der Waals surface area contributed by atoms with Gasteiger partial charge in [-0.25, -0.2) is 9.69 Å². The van der Waals surface area contributed by atoms with Crippen LogP contribution in [0.3, 0.4) is 0 Å². The van der Waals surface area contributed by atoms with Gasteiger partial charge in [-0.05, 0) is 67.4 Å². The summed E-state index contributed by atoms with van der Waals surface area (Å²) in [6.45, 7) is 4.44. The molecule has 0 spiro atoms. The van der Waals surface area contributed by atoms with E-state index in [0.29, 0.717) is 28.7 Å². The van der Waals surface area contributed by atoms with Crippen molar-refractivity contribution in [3.05, 3.63) is 93.0 Å². The molecule has 9 heteroatoms. The molecule has 1 heterocycles. The van der Waals surface area contributed by atoms with Gasteiger partial charge in [0.2, 0.25) is 0 Å². The molecule has 0 saturated carbocycles. The minimum atomic E-state index is -0.850. The van der Waals surface area contributed by atoms with Gasteiger partial charge in [-0.2, -0.15) is 0 Å². The molecule has 36 heavy (non-hydrogen) atoms. The van der Waals surface area contributed by atoms with Crippen molar-refractivity contribution in [1.82, 2.24) is 5.32 Å². The number of nitrogens with zero attached hydrogens (tertiary/aromatic N) is 1. The van der Waals surface area contributed by atoms with Crippen LogP contribution in [0.15, 0.2) is 66.2 Å². The summed E-state index contributed by atoms with van der Waals surface area (Å²) in [7, 11) is 0. The van der Waals surface area contributed by atoms with Gasteiger partial charge in [-0.15, -0.1) is 0 Å². The number of aryl methyl sites for hydroxylation is 1. The van der Waals surface area contributed by atoms with Crippen LogP contribution in [0.2, 0.25) is 10.0 Å². The summed E-state index contributed by atoms with van der Waals surface area (Å²) in [5.41, 5.74) is 2.56. The Morgan fingerprint density at radius 1 is 0.944 bits per heavy atom. The smallest absolute Gasteiger partial charge is 0.335 e. The number of hydrogen-bond acceptors (Lipinski definition) is 5. The first kappa shape index (κ1) is 25.3. The summed E-state index contributed by atoms with van der Waals surface area (Å²) in [6.07, 6.45) is 1.35. The molecule has 0 aromatic heterocycles. The third-order valence-electron chi connectivity index (χ3n) is 5.33. The normalized spacial score (nSPS) is 14.7. The zero-order valence-corrected chi connectivity index (χ0v) is 21.0. The zero-order valence-electron chi connectivity index (χ0n) is 19.5. The second-order valence-corrected chi connectivity index (χ2v) is 8.82. The van der Waals surface area contributed by atoms with Crippen molar-refractivity contribution in [2.45, 2.75) is 20.5 Å². The van der Waals surface area contributed by atoms with Gasteiger partial charge < -0.3 is 9.47 Å². The van der Waals surface area contributed by atoms with Gasteiger partial charge in [0.15, 0.2) is 11.5 Å². The molecule has 0 unspecified atom stereocenters. The number of benzene rings is 3. The van der Waals surface area contributed by atoms with Crippen LogP contribution in [0.5, 0.6) is 11.5 Å². The van der Waals surface area contributed by atoms with E-state index in [1.165, 1.54) is 18.2 Å². The molecule has 7 nitrogen and oxygen atoms in total. The summed E-state index contributed by atoms with van der Waals surface area (Å²) < 4.78 is 11.7. The molecule has 1 aliphatic rings. The molecule has 3 aromatic carbocycles. The molecule has 0 radical (unpaired) electrons. The number of barbiturate groups is 1. The Balaban J connectivity index is 1.65. The molecule has 1 saturated heterocycles. The summed E-state index contributed by atoms with van der Waals surface area (Å²) in [6, 6.07) is 16.3. The monoisotopic (exact) mass is 524 g/mol. The van der Waals surface area contributed by atoms with Crippen LogP contribution in [0, 0.1) is 6.92 Å². The maximum absolute atomic E-state index is 13.1. The highest BCUT2D eigenvalue weighted by molar-refractivity contribution is 6.39. The molecule has 4 rings (SSSR count). The highest BCUT2D eigenvalue weighted by Crippen LogP contribution is 2.38. The lowest BCUT2D eigenvalue weighted by Crippen LogP contribution is -2.54. The van der Waals surface area contributed by atoms with E-state index in [0.717, 1.165) is 16.0 Å². The van der Waals surface area contributed by atoms with E-state index < -0.39 is 17.8 Å². The van der Waals surface area contributed by atoms with Crippen LogP contribution in [-0.2, 0) is 16.2 Å². The summed E-state index contributed by atoms with van der Waals surface area (Å²) in [5, 5.41) is 2.88. The second-order valence-electron chi connectivity index (χ2n) is 7.97. The Bertz CT molecular complexity index is 1350. The number of urea groups is 1. The first-order chi connectivity index (χ1) is 17.3. The Hall–Kier alpha value is -3.81. The SMILES string of the molecule is CCOc1cc(/C=C2/C(=O)NC(=O)N(c3ccc(Cl)cc3)C2=O)cc(Cl)c1OCc1ccc(C)cc1. The van der Waals surface area contributed by atoms with E-state index in [2.05, 4.69) is 5.32 Å². The molecule has 4 amide bonds. The Morgan fingerprint density at radius 3 is 2.31 bits per heavy atom. The number of rotatable bonds is 7. The van der Waals surface area contributed by atoms with Gasteiger partial charge in [0.05, 0.1) is 17.3 Å². The number of nitrogens with one attached hydrogen (secondary N) is 1. The Labute approximate surface area is 218 Å². The van der Waals surface area contributed by atoms with Crippen LogP contribution in [0.25, 0.3) is 6.08 Å². The third-order valence-corrected chi connectivity index (χ3v) is 5.87. The lowest BCUT2D eigenvalue weighted by atomic mass is 10.1. The first-order valence-electron chi connectivity index (χ1n) is 11.1. The molecule has 3 aromatic rings. The highest BCUT2D eigenvalue weighted by Gasteiger charge is 2.36. The number of hydrogen-bond donors (Lipinski definition) is 1. The van der Waals surface area contributed by atoms with Crippen LogP contribution < -0.4 is 19.7 Å². The molecule has 1 fully saturated rings. The molecule has 0 atom stereocenters. The minimum absolute atomic E-state index is 0.239. The predicted octanol–water partition coefficient (Wildman–Crippen LogP) is 5.95. The van der Waals surface area contributed by atoms with Crippen molar-refractivity contribution < 1.29 is 23.9 Å². The summed E-state index contributed by atoms with van der Waals surface area (Å²) in [5.74, 6) is -0.888. The average molecular weight is 525 g/mol. The standard InChI is InChI=1S/C27H22Cl2N2O5/c1-3-35-23-14-18(13-22(29)24(23)36-15-17-6-4-16(2)5-7-17)12-21-25(32)30-27(34)31(26(21)33)20-10-8-19(28)9-11-20/h4-14H,3,15H2,1-2H3,(H,30,32,34)/b21-12-. The largest absolute Gasteiger partial charge is 0.490 e. The number of amides is 4. The lowest BCUT2D eigenvalue weighted by molar-refractivity contribution is -0.122. The van der Waals surface area contributed by atoms with E-state index in [1.54, 1.807) is 24.3 Å². The fourth-order valence-corrected chi connectivity index (χ4v) is 3.96. The van der Waals surface area contributed by atoms with Crippen LogP contribution in [0.4, 0.5) is 10.5 Å². The molecule has 184 valence electrons. The van der Waals surface area contributed by atoms with Crippen LogP contribution >= 0.6 is 23.2 Å². The fourth-order valence-electron chi connectivity index (χ4n) is 3.56. The number of halogens is 2. The highest BCUT2D eigenvalue weighted by atomic mass is 35.5. The number of imide groups is 2. The average Bonchev–Trinajstić information content (AvgIpc) is 2.83. The van der Waals surface area contributed by atoms with Crippen molar-refractivity contribution in [3.8, 4) is 11.5 Å². The van der Waals surface area contributed by atoms with E-state index in [1.807, 2.05) is 38.1 Å². The summed E-state index contributed by atoms with van der Waals surface area (Å²) in [4.78, 5) is 38.9. The number of carbonyl (C=O) groups excluding carboxylic acids is 3. The number of anilines is 1. The van der Waals surface area contributed by atoms with Gasteiger partial charge in [0.25, 0.3) is 11.8 Å². The van der Waals surface area contributed by atoms with Crippen molar-refractivity contribution in [1.29, 1.82) is 0 Å². The fraction of sp³-hybridized carbons (Fsp3) is 0.148. The van der Waals surface area contributed by atoms with Gasteiger partial charge in [-0.1, -0.05) is 53.0 Å². The van der Waals surface area contributed by atoms with Crippen LogP contribution in [0.1, 0.15) is 23.6 Å². The van der Waals surface area contributed by atoms with Gasteiger partial charge >= 0.3 is 6.03 Å². The first-order valence-corrected chi connectivity index (χ1v) is 11.8. The molecular weight excluding hydrogens is 503 g/mol. The van der Waals surface area contributed by atoms with E-state index in [4.69, 9.17) is 32.7 Å². The molecule has 0 bridgehead atoms. The second kappa shape index (κ2) is 10.8. The van der Waals surface area contributed by atoms with E-state index >= 15 is 0 Å². The van der Waals surface area contributed by atoms with E-state index in [-0.39, 0.29) is 22.9 Å². The molecule has 1 N–H and O–H groups in total. The van der Waals surface area contributed by atoms with Gasteiger partial charge in [0.1, 0.15) is 12.2 Å². The minimum Gasteiger partial charge on any atom is -0.490 e. The predicted molar refractivity (Wildman–Crippen MR) is 139 cm³/mol. The number of ether oxygens (including phenoxy) is 2. The number of carbonyl (C=O) groups is 3. The van der Waals surface area contributed by atoms with Crippen molar-refractivity contribution in [2.24, 2.45) is 0 Å². The molecule has 0 aliphatic carbocycles. The van der Waals surface area contributed by atoms with E-state index in [9.17, 15) is 14.4 Å². The maximum atomic E-state index is 13.1.